The number of hydrogen-bond acceptors (Lipinski definition) is 4. The molecule has 0 aromatic heterocycles. The lowest BCUT2D eigenvalue weighted by molar-refractivity contribution is 0.239. The fourth-order valence-electron chi connectivity index (χ4n) is 4.29. The first kappa shape index (κ1) is 24.5. The average molecular weight is 418 g/mol. The summed E-state index contributed by atoms with van der Waals surface area (Å²) in [6.07, 6.45) is 4.87. The molecule has 1 aliphatic rings. The van der Waals surface area contributed by atoms with Crippen molar-refractivity contribution in [2.24, 2.45) is 4.99 Å². The minimum absolute atomic E-state index is 0.278. The van der Waals surface area contributed by atoms with E-state index in [0.29, 0.717) is 6.04 Å². The molecule has 1 aromatic rings. The van der Waals surface area contributed by atoms with E-state index in [9.17, 15) is 0 Å². The van der Waals surface area contributed by atoms with Crippen LogP contribution in [-0.4, -0.2) is 75.2 Å². The van der Waals surface area contributed by atoms with Crippen molar-refractivity contribution >= 4 is 5.96 Å². The van der Waals surface area contributed by atoms with Crippen molar-refractivity contribution in [1.82, 2.24) is 20.4 Å². The van der Waals surface area contributed by atoms with Gasteiger partial charge in [-0.15, -0.1) is 0 Å². The van der Waals surface area contributed by atoms with Gasteiger partial charge in [0, 0.05) is 25.2 Å². The molecule has 1 aromatic carbocycles. The van der Waals surface area contributed by atoms with Gasteiger partial charge in [-0.25, -0.2) is 0 Å². The van der Waals surface area contributed by atoms with Crippen LogP contribution in [0, 0.1) is 0 Å². The van der Waals surface area contributed by atoms with Crippen molar-refractivity contribution in [1.29, 1.82) is 0 Å². The maximum Gasteiger partial charge on any atom is 0.191 e. The van der Waals surface area contributed by atoms with E-state index in [2.05, 4.69) is 64.4 Å². The topological polar surface area (TPSA) is 52.1 Å². The first-order valence-corrected chi connectivity index (χ1v) is 11.7. The van der Waals surface area contributed by atoms with Crippen LogP contribution in [0.4, 0.5) is 0 Å². The molecule has 2 unspecified atom stereocenters. The second-order valence-corrected chi connectivity index (χ2v) is 8.17. The van der Waals surface area contributed by atoms with Gasteiger partial charge in [-0.2, -0.15) is 0 Å². The lowest BCUT2D eigenvalue weighted by Gasteiger charge is -2.30. The van der Waals surface area contributed by atoms with E-state index in [1.54, 1.807) is 7.11 Å². The quantitative estimate of drug-likeness (QED) is 0.403. The maximum atomic E-state index is 5.66. The Balaban J connectivity index is 1.92. The van der Waals surface area contributed by atoms with Gasteiger partial charge >= 0.3 is 0 Å². The number of rotatable bonds is 12. The van der Waals surface area contributed by atoms with E-state index in [1.807, 2.05) is 13.1 Å². The summed E-state index contributed by atoms with van der Waals surface area (Å²) in [5.41, 5.74) is 1.25. The van der Waals surface area contributed by atoms with Crippen LogP contribution in [0.2, 0.25) is 0 Å². The minimum Gasteiger partial charge on any atom is -0.496 e. The summed E-state index contributed by atoms with van der Waals surface area (Å²) in [5.74, 6) is 1.84. The van der Waals surface area contributed by atoms with Gasteiger partial charge in [-0.1, -0.05) is 32.0 Å². The van der Waals surface area contributed by atoms with Gasteiger partial charge in [-0.05, 0) is 71.4 Å². The number of likely N-dealkylation sites (tertiary alicyclic amines) is 1. The summed E-state index contributed by atoms with van der Waals surface area (Å²) in [5, 5.41) is 7.15. The number of benzene rings is 1. The maximum absolute atomic E-state index is 5.66. The number of methoxy groups -OCH3 is 1. The molecule has 1 heterocycles. The van der Waals surface area contributed by atoms with Crippen LogP contribution >= 0.6 is 0 Å². The van der Waals surface area contributed by atoms with Crippen LogP contribution in [0.3, 0.4) is 0 Å². The van der Waals surface area contributed by atoms with Crippen molar-refractivity contribution in [3.63, 3.8) is 0 Å². The van der Waals surface area contributed by atoms with Gasteiger partial charge in [0.05, 0.1) is 13.2 Å². The highest BCUT2D eigenvalue weighted by Gasteiger charge is 2.26. The second-order valence-electron chi connectivity index (χ2n) is 8.17. The number of hydrogen-bond donors (Lipinski definition) is 2. The van der Waals surface area contributed by atoms with Crippen LogP contribution in [-0.2, 0) is 0 Å². The zero-order valence-corrected chi connectivity index (χ0v) is 19.8. The van der Waals surface area contributed by atoms with Gasteiger partial charge in [0.1, 0.15) is 5.75 Å². The first-order valence-electron chi connectivity index (χ1n) is 11.7. The normalized spacial score (nSPS) is 17.2. The molecule has 0 saturated carbocycles. The molecule has 2 atom stereocenters. The third-order valence-electron chi connectivity index (χ3n) is 6.15. The average Bonchev–Trinajstić information content (AvgIpc) is 3.31. The van der Waals surface area contributed by atoms with Crippen LogP contribution in [0.1, 0.15) is 58.1 Å². The van der Waals surface area contributed by atoms with Gasteiger partial charge in [0.2, 0.25) is 0 Å². The number of guanidine groups is 1. The molecule has 0 amide bonds. The SMILES string of the molecule is CCN(CC)CCCC(C)NC(=NC)NCC(c1ccccc1OC)N1CCCC1. The Morgan fingerprint density at radius 2 is 1.90 bits per heavy atom. The summed E-state index contributed by atoms with van der Waals surface area (Å²) in [7, 11) is 3.61. The highest BCUT2D eigenvalue weighted by Crippen LogP contribution is 2.31. The number of nitrogens with one attached hydrogen (secondary N) is 2. The zero-order valence-electron chi connectivity index (χ0n) is 19.8. The molecule has 170 valence electrons. The van der Waals surface area contributed by atoms with E-state index in [0.717, 1.165) is 57.4 Å². The summed E-state index contributed by atoms with van der Waals surface area (Å²) < 4.78 is 5.66. The third-order valence-corrected chi connectivity index (χ3v) is 6.15. The van der Waals surface area contributed by atoms with E-state index >= 15 is 0 Å². The largest absolute Gasteiger partial charge is 0.496 e. The highest BCUT2D eigenvalue weighted by molar-refractivity contribution is 5.80. The van der Waals surface area contributed by atoms with Crippen molar-refractivity contribution in [2.75, 3.05) is 53.4 Å². The molecule has 1 aliphatic heterocycles. The monoisotopic (exact) mass is 417 g/mol. The van der Waals surface area contributed by atoms with Gasteiger partial charge in [0.25, 0.3) is 0 Å². The summed E-state index contributed by atoms with van der Waals surface area (Å²) in [4.78, 5) is 9.51. The van der Waals surface area contributed by atoms with Gasteiger partial charge in [-0.3, -0.25) is 9.89 Å². The van der Waals surface area contributed by atoms with Crippen molar-refractivity contribution in [3.8, 4) is 5.75 Å². The van der Waals surface area contributed by atoms with Crippen LogP contribution in [0.5, 0.6) is 5.75 Å². The van der Waals surface area contributed by atoms with Crippen molar-refractivity contribution in [3.05, 3.63) is 29.8 Å². The van der Waals surface area contributed by atoms with Crippen molar-refractivity contribution in [2.45, 2.75) is 58.5 Å². The van der Waals surface area contributed by atoms with E-state index < -0.39 is 0 Å². The number of aliphatic imine (C=N–C) groups is 1. The molecular weight excluding hydrogens is 374 g/mol. The van der Waals surface area contributed by atoms with E-state index in [-0.39, 0.29) is 6.04 Å². The Kier molecular flexibility index (Phi) is 11.0. The molecule has 6 nitrogen and oxygen atoms in total. The van der Waals surface area contributed by atoms with Crippen molar-refractivity contribution < 1.29 is 4.74 Å². The van der Waals surface area contributed by atoms with Crippen LogP contribution < -0.4 is 15.4 Å². The number of ether oxygens (including phenoxy) is 1. The Morgan fingerprint density at radius 3 is 2.53 bits per heavy atom. The lowest BCUT2D eigenvalue weighted by Crippen LogP contribution is -2.45. The smallest absolute Gasteiger partial charge is 0.191 e. The fourth-order valence-corrected chi connectivity index (χ4v) is 4.29. The Bertz CT molecular complexity index is 626. The van der Waals surface area contributed by atoms with E-state index in [1.165, 1.54) is 24.8 Å². The predicted molar refractivity (Wildman–Crippen MR) is 128 cm³/mol. The number of para-hydroxylation sites is 1. The second kappa shape index (κ2) is 13.5. The Labute approximate surface area is 184 Å². The van der Waals surface area contributed by atoms with Crippen LogP contribution in [0.15, 0.2) is 29.3 Å². The van der Waals surface area contributed by atoms with Gasteiger partial charge in [0.15, 0.2) is 5.96 Å². The molecule has 0 spiro atoms. The predicted octanol–water partition coefficient (Wildman–Crippen LogP) is 3.51. The Hall–Kier alpha value is -1.79. The third kappa shape index (κ3) is 7.47. The molecule has 2 N–H and O–H groups in total. The number of nitrogens with zero attached hydrogens (tertiary/aromatic N) is 3. The summed E-state index contributed by atoms with van der Waals surface area (Å²) >= 11 is 0. The molecule has 2 rings (SSSR count). The zero-order chi connectivity index (χ0) is 21.8. The minimum atomic E-state index is 0.278. The van der Waals surface area contributed by atoms with Gasteiger partial charge < -0.3 is 20.3 Å². The molecule has 30 heavy (non-hydrogen) atoms. The molecule has 0 bridgehead atoms. The molecule has 1 saturated heterocycles. The van der Waals surface area contributed by atoms with Crippen LogP contribution in [0.25, 0.3) is 0 Å². The summed E-state index contributed by atoms with van der Waals surface area (Å²) in [6, 6.07) is 9.06. The molecule has 0 aliphatic carbocycles. The Morgan fingerprint density at radius 1 is 1.20 bits per heavy atom. The summed E-state index contributed by atoms with van der Waals surface area (Å²) in [6.45, 7) is 13.2. The molecule has 0 radical (unpaired) electrons. The van der Waals surface area contributed by atoms with E-state index in [4.69, 9.17) is 4.74 Å². The first-order chi connectivity index (χ1) is 14.6. The molecule has 6 heteroatoms. The molecule has 1 fully saturated rings. The highest BCUT2D eigenvalue weighted by atomic mass is 16.5. The standard InChI is InChI=1S/C24H43N5O/c1-6-28(7-2)16-12-13-20(3)27-24(25-4)26-19-22(29-17-10-11-18-29)21-14-8-9-15-23(21)30-5/h8-9,14-15,20,22H,6-7,10-13,16-19H2,1-5H3,(H2,25,26,27). The molecular formula is C24H43N5O. The lowest BCUT2D eigenvalue weighted by atomic mass is 10.0. The fraction of sp³-hybridized carbons (Fsp3) is 0.708.